The van der Waals surface area contributed by atoms with Crippen LogP contribution in [-0.4, -0.2) is 48.0 Å². The summed E-state index contributed by atoms with van der Waals surface area (Å²) in [6.45, 7) is 0.228. The summed E-state index contributed by atoms with van der Waals surface area (Å²) >= 11 is 6.63. The Labute approximate surface area is 170 Å². The van der Waals surface area contributed by atoms with E-state index in [4.69, 9.17) is 11.6 Å². The van der Waals surface area contributed by atoms with Crippen LogP contribution in [0.15, 0.2) is 17.1 Å². The lowest BCUT2D eigenvalue weighted by Crippen LogP contribution is -2.30. The van der Waals surface area contributed by atoms with E-state index in [9.17, 15) is 19.7 Å². The maximum absolute atomic E-state index is 15.0. The minimum absolute atomic E-state index is 0.0262. The summed E-state index contributed by atoms with van der Waals surface area (Å²) in [5.74, 6) is -1.54. The average Bonchev–Trinajstić information content (AvgIpc) is 3.40. The van der Waals surface area contributed by atoms with Crippen molar-refractivity contribution in [1.29, 1.82) is 0 Å². The third-order valence-corrected chi connectivity index (χ3v) is 5.97. The van der Waals surface area contributed by atoms with Crippen LogP contribution in [0.4, 0.5) is 10.1 Å². The van der Waals surface area contributed by atoms with Gasteiger partial charge in [0.05, 0.1) is 27.2 Å². The van der Waals surface area contributed by atoms with Crippen molar-refractivity contribution in [2.24, 2.45) is 0 Å². The van der Waals surface area contributed by atoms with Crippen LogP contribution < -0.4 is 15.6 Å². The summed E-state index contributed by atoms with van der Waals surface area (Å²) in [5.41, 5.74) is -0.414. The topological polar surface area (TPSA) is 97.5 Å². The number of nitrogens with one attached hydrogen (secondary N) is 1. The molecule has 1 saturated carbocycles. The quantitative estimate of drug-likeness (QED) is 0.436. The number of anilines is 1. The zero-order chi connectivity index (χ0) is 20.9. The monoisotopic (exact) mass is 422 g/mol. The third-order valence-electron chi connectivity index (χ3n) is 5.61. The molecule has 0 spiro atoms. The molecule has 2 aromatic rings. The number of halogens is 2. The van der Waals surface area contributed by atoms with Crippen molar-refractivity contribution in [1.82, 2.24) is 9.88 Å². The number of pyridine rings is 1. The highest BCUT2D eigenvalue weighted by Gasteiger charge is 2.32. The zero-order valence-electron chi connectivity index (χ0n) is 15.8. The van der Waals surface area contributed by atoms with Crippen LogP contribution in [-0.2, 0) is 0 Å². The number of rotatable bonds is 6. The molecule has 0 unspecified atom stereocenters. The van der Waals surface area contributed by atoms with Crippen LogP contribution in [0.5, 0.6) is 0 Å². The smallest absolute Gasteiger partial charge is 0.266 e. The van der Waals surface area contributed by atoms with Gasteiger partial charge < -0.3 is 14.8 Å². The molecule has 4 rings (SSSR count). The van der Waals surface area contributed by atoms with Gasteiger partial charge in [-0.2, -0.15) is 0 Å². The van der Waals surface area contributed by atoms with E-state index in [1.807, 2.05) is 11.9 Å². The SMILES string of the molecule is CN[C@@H]1CCN(c2c(F)cc3c(=O)c(C(=O)C[N+](=O)[O-])cn(C4CC4)c3c2Cl)C1. The lowest BCUT2D eigenvalue weighted by atomic mass is 10.1. The van der Waals surface area contributed by atoms with E-state index in [0.29, 0.717) is 18.6 Å². The number of nitro groups is 1. The van der Waals surface area contributed by atoms with E-state index in [2.05, 4.69) is 5.32 Å². The van der Waals surface area contributed by atoms with Crippen LogP contribution in [0.3, 0.4) is 0 Å². The highest BCUT2D eigenvalue weighted by molar-refractivity contribution is 6.38. The molecule has 0 radical (unpaired) electrons. The number of hydrogen-bond acceptors (Lipinski definition) is 6. The van der Waals surface area contributed by atoms with Crippen LogP contribution in [0, 0.1) is 15.9 Å². The maximum Gasteiger partial charge on any atom is 0.266 e. The summed E-state index contributed by atoms with van der Waals surface area (Å²) < 4.78 is 16.8. The molecule has 1 N–H and O–H groups in total. The van der Waals surface area contributed by atoms with Gasteiger partial charge in [0.1, 0.15) is 5.82 Å². The molecule has 0 bridgehead atoms. The molecule has 2 heterocycles. The zero-order valence-corrected chi connectivity index (χ0v) is 16.5. The summed E-state index contributed by atoms with van der Waals surface area (Å²) in [6, 6.07) is 1.35. The molecule has 1 aromatic heterocycles. The number of nitrogens with zero attached hydrogens (tertiary/aromatic N) is 3. The van der Waals surface area contributed by atoms with Gasteiger partial charge in [0.2, 0.25) is 11.2 Å². The predicted molar refractivity (Wildman–Crippen MR) is 107 cm³/mol. The molecule has 0 amide bonds. The summed E-state index contributed by atoms with van der Waals surface area (Å²) in [6.07, 6.45) is 3.85. The predicted octanol–water partition coefficient (Wildman–Crippen LogP) is 2.39. The second kappa shape index (κ2) is 7.38. The van der Waals surface area contributed by atoms with E-state index in [-0.39, 0.29) is 33.7 Å². The van der Waals surface area contributed by atoms with Gasteiger partial charge in [-0.25, -0.2) is 4.39 Å². The van der Waals surface area contributed by atoms with Crippen LogP contribution >= 0.6 is 11.6 Å². The molecule has 29 heavy (non-hydrogen) atoms. The second-order valence-electron chi connectivity index (χ2n) is 7.56. The number of carbonyl (C=O) groups excluding carboxylic acids is 1. The number of likely N-dealkylation sites (N-methyl/N-ethyl adjacent to an activating group) is 1. The molecule has 1 saturated heterocycles. The van der Waals surface area contributed by atoms with Gasteiger partial charge in [-0.3, -0.25) is 19.7 Å². The summed E-state index contributed by atoms with van der Waals surface area (Å²) in [5, 5.41) is 14.0. The Morgan fingerprint density at radius 2 is 2.14 bits per heavy atom. The van der Waals surface area contributed by atoms with Crippen molar-refractivity contribution < 1.29 is 14.1 Å². The number of carbonyl (C=O) groups is 1. The van der Waals surface area contributed by atoms with E-state index < -0.39 is 28.5 Å². The standard InChI is InChI=1S/C19H20ClFN4O4/c1-22-10-4-5-23(7-10)18-14(21)6-12-17(16(18)20)24(11-2-3-11)8-13(19(12)27)15(26)9-25(28)29/h6,8,10-11,22H,2-5,7,9H2,1H3/t10-/m1/s1. The molecule has 1 atom stereocenters. The fourth-order valence-corrected chi connectivity index (χ4v) is 4.37. The lowest BCUT2D eigenvalue weighted by molar-refractivity contribution is -0.465. The first kappa shape index (κ1) is 19.8. The molecule has 1 aromatic carbocycles. The largest absolute Gasteiger partial charge is 0.366 e. The van der Waals surface area contributed by atoms with Crippen LogP contribution in [0.1, 0.15) is 35.7 Å². The van der Waals surface area contributed by atoms with Gasteiger partial charge in [0.15, 0.2) is 0 Å². The van der Waals surface area contributed by atoms with Crippen molar-refractivity contribution in [3.63, 3.8) is 0 Å². The average molecular weight is 423 g/mol. The number of aromatic nitrogens is 1. The van der Waals surface area contributed by atoms with Crippen molar-refractivity contribution in [2.75, 3.05) is 31.6 Å². The van der Waals surface area contributed by atoms with Crippen molar-refractivity contribution in [3.8, 4) is 0 Å². The van der Waals surface area contributed by atoms with Gasteiger partial charge in [0.25, 0.3) is 6.54 Å². The van der Waals surface area contributed by atoms with Gasteiger partial charge in [-0.05, 0) is 32.4 Å². The van der Waals surface area contributed by atoms with E-state index in [0.717, 1.165) is 25.3 Å². The maximum atomic E-state index is 15.0. The first-order chi connectivity index (χ1) is 13.8. The molecule has 1 aliphatic carbocycles. The van der Waals surface area contributed by atoms with E-state index in [1.54, 1.807) is 4.57 Å². The minimum Gasteiger partial charge on any atom is -0.366 e. The number of ketones is 1. The molecular formula is C19H20ClFN4O4. The normalized spacial score (nSPS) is 19.1. The molecular weight excluding hydrogens is 403 g/mol. The van der Waals surface area contributed by atoms with Crippen molar-refractivity contribution in [3.05, 3.63) is 49.0 Å². The Hall–Kier alpha value is -2.52. The molecule has 2 aliphatic rings. The number of hydrogen-bond donors (Lipinski definition) is 1. The Bertz CT molecular complexity index is 1080. The number of Topliss-reactive ketones (excluding diaryl/α,β-unsaturated/α-hetero) is 1. The Morgan fingerprint density at radius 3 is 2.72 bits per heavy atom. The summed E-state index contributed by atoms with van der Waals surface area (Å²) in [4.78, 5) is 36.9. The van der Waals surface area contributed by atoms with Gasteiger partial charge in [0, 0.05) is 36.3 Å². The van der Waals surface area contributed by atoms with Crippen molar-refractivity contribution >= 4 is 34.0 Å². The van der Waals surface area contributed by atoms with E-state index >= 15 is 4.39 Å². The van der Waals surface area contributed by atoms with Gasteiger partial charge >= 0.3 is 0 Å². The molecule has 10 heteroatoms. The molecule has 8 nitrogen and oxygen atoms in total. The second-order valence-corrected chi connectivity index (χ2v) is 7.94. The fourth-order valence-electron chi connectivity index (χ4n) is 3.96. The first-order valence-corrected chi connectivity index (χ1v) is 9.83. The van der Waals surface area contributed by atoms with Crippen LogP contribution in [0.2, 0.25) is 5.02 Å². The fraction of sp³-hybridized carbons (Fsp3) is 0.474. The first-order valence-electron chi connectivity index (χ1n) is 9.45. The molecule has 2 fully saturated rings. The minimum atomic E-state index is -0.987. The van der Waals surface area contributed by atoms with E-state index in [1.165, 1.54) is 6.20 Å². The number of fused-ring (bicyclic) bond motifs is 1. The Balaban J connectivity index is 1.92. The Kier molecular flexibility index (Phi) is 5.04. The van der Waals surface area contributed by atoms with Crippen LogP contribution in [0.25, 0.3) is 10.9 Å². The lowest BCUT2D eigenvalue weighted by Gasteiger charge is -2.23. The molecule has 1 aliphatic heterocycles. The van der Waals surface area contributed by atoms with Gasteiger partial charge in [-0.1, -0.05) is 11.6 Å². The highest BCUT2D eigenvalue weighted by Crippen LogP contribution is 2.42. The summed E-state index contributed by atoms with van der Waals surface area (Å²) in [7, 11) is 1.85. The highest BCUT2D eigenvalue weighted by atomic mass is 35.5. The number of benzene rings is 1. The Morgan fingerprint density at radius 1 is 1.41 bits per heavy atom. The third kappa shape index (κ3) is 3.49. The molecule has 154 valence electrons. The van der Waals surface area contributed by atoms with Crippen molar-refractivity contribution in [2.45, 2.75) is 31.3 Å². The van der Waals surface area contributed by atoms with Gasteiger partial charge in [-0.15, -0.1) is 0 Å².